The summed E-state index contributed by atoms with van der Waals surface area (Å²) in [5, 5.41) is 3.54. The average molecular weight is 403 g/mol. The Labute approximate surface area is 167 Å². The lowest BCUT2D eigenvalue weighted by atomic mass is 10.1. The van der Waals surface area contributed by atoms with E-state index in [4.69, 9.17) is 16.3 Å². The molecule has 27 heavy (non-hydrogen) atoms. The Balaban J connectivity index is 1.43. The second kappa shape index (κ2) is 7.84. The monoisotopic (exact) mass is 402 g/mol. The summed E-state index contributed by atoms with van der Waals surface area (Å²) in [7, 11) is 1.64. The molecule has 0 atom stereocenters. The molecule has 3 heterocycles. The van der Waals surface area contributed by atoms with Gasteiger partial charge in [-0.3, -0.25) is 4.79 Å². The van der Waals surface area contributed by atoms with Gasteiger partial charge in [-0.25, -0.2) is 4.98 Å². The van der Waals surface area contributed by atoms with Crippen molar-refractivity contribution in [2.75, 3.05) is 33.3 Å². The molecule has 5 nitrogen and oxygen atoms in total. The van der Waals surface area contributed by atoms with Crippen molar-refractivity contribution in [1.82, 2.24) is 9.88 Å². The van der Waals surface area contributed by atoms with Crippen LogP contribution < -0.4 is 9.64 Å². The molecule has 7 heteroatoms. The highest BCUT2D eigenvalue weighted by Gasteiger charge is 2.25. The molecule has 1 aromatic carbocycles. The number of amides is 1. The standard InChI is InChI=1S/C20H20ClN3O2S/c1-26-16-5-4-14-11-15(19(21)22-17(14)12-16)13-23-6-8-24(9-7-23)20(25)18-3-2-10-27-18/h2-5,10-12H,6-9,13H2,1H3/p+1. The van der Waals surface area contributed by atoms with Crippen molar-refractivity contribution in [1.29, 1.82) is 0 Å². The maximum absolute atomic E-state index is 12.5. The molecule has 1 N–H and O–H groups in total. The molecule has 1 amide bonds. The third kappa shape index (κ3) is 3.93. The van der Waals surface area contributed by atoms with E-state index >= 15 is 0 Å². The third-order valence-corrected chi connectivity index (χ3v) is 6.17. The molecule has 0 spiro atoms. The summed E-state index contributed by atoms with van der Waals surface area (Å²) in [6.07, 6.45) is 0. The number of pyridine rings is 1. The molecular formula is C20H21ClN3O2S+. The number of hydrogen-bond donors (Lipinski definition) is 1. The zero-order valence-electron chi connectivity index (χ0n) is 15.1. The number of aromatic nitrogens is 1. The van der Waals surface area contributed by atoms with Crippen LogP contribution in [0.4, 0.5) is 0 Å². The third-order valence-electron chi connectivity index (χ3n) is 4.98. The minimum atomic E-state index is 0.142. The van der Waals surface area contributed by atoms with Crippen molar-refractivity contribution in [3.63, 3.8) is 0 Å². The van der Waals surface area contributed by atoms with Gasteiger partial charge in [0.2, 0.25) is 0 Å². The van der Waals surface area contributed by atoms with Crippen LogP contribution in [0.25, 0.3) is 10.9 Å². The number of carbonyl (C=O) groups excluding carboxylic acids is 1. The van der Waals surface area contributed by atoms with Crippen LogP contribution in [-0.4, -0.2) is 49.1 Å². The van der Waals surface area contributed by atoms with E-state index in [0.29, 0.717) is 5.15 Å². The van der Waals surface area contributed by atoms with Crippen molar-refractivity contribution in [3.8, 4) is 5.75 Å². The van der Waals surface area contributed by atoms with Crippen molar-refractivity contribution < 1.29 is 14.4 Å². The molecule has 140 valence electrons. The number of benzene rings is 1. The Morgan fingerprint density at radius 2 is 2.11 bits per heavy atom. The van der Waals surface area contributed by atoms with Crippen LogP contribution in [0.15, 0.2) is 41.8 Å². The molecule has 0 bridgehead atoms. The SMILES string of the molecule is COc1ccc2cc(C[NH+]3CCN(C(=O)c4cccs4)CC3)c(Cl)nc2c1. The summed E-state index contributed by atoms with van der Waals surface area (Å²) in [6, 6.07) is 11.8. The van der Waals surface area contributed by atoms with E-state index < -0.39 is 0 Å². The molecule has 1 aliphatic rings. The summed E-state index contributed by atoms with van der Waals surface area (Å²) >= 11 is 7.94. The molecule has 1 aliphatic heterocycles. The average Bonchev–Trinajstić information content (AvgIpc) is 3.23. The normalized spacial score (nSPS) is 15.3. The quantitative estimate of drug-likeness (QED) is 0.682. The van der Waals surface area contributed by atoms with E-state index in [0.717, 1.165) is 59.8 Å². The highest BCUT2D eigenvalue weighted by molar-refractivity contribution is 7.12. The molecule has 0 radical (unpaired) electrons. The lowest BCUT2D eigenvalue weighted by Crippen LogP contribution is -3.13. The molecule has 2 aromatic heterocycles. The lowest BCUT2D eigenvalue weighted by Gasteiger charge is -2.32. The minimum absolute atomic E-state index is 0.142. The number of methoxy groups -OCH3 is 1. The fourth-order valence-corrected chi connectivity index (χ4v) is 4.35. The van der Waals surface area contributed by atoms with Gasteiger partial charge in [-0.15, -0.1) is 11.3 Å². The van der Waals surface area contributed by atoms with Gasteiger partial charge in [-0.1, -0.05) is 17.7 Å². The van der Waals surface area contributed by atoms with Crippen LogP contribution in [0.1, 0.15) is 15.2 Å². The van der Waals surface area contributed by atoms with Gasteiger partial charge in [0, 0.05) is 17.0 Å². The number of hydrogen-bond acceptors (Lipinski definition) is 4. The first kappa shape index (κ1) is 18.2. The highest BCUT2D eigenvalue weighted by Crippen LogP contribution is 2.24. The number of piperazine rings is 1. The molecular weight excluding hydrogens is 382 g/mol. The Morgan fingerprint density at radius 3 is 2.81 bits per heavy atom. The maximum atomic E-state index is 12.5. The topological polar surface area (TPSA) is 46.9 Å². The molecule has 1 saturated heterocycles. The molecule has 0 unspecified atom stereocenters. The van der Waals surface area contributed by atoms with Crippen LogP contribution >= 0.6 is 22.9 Å². The van der Waals surface area contributed by atoms with Crippen molar-refractivity contribution in [3.05, 3.63) is 57.4 Å². The predicted molar refractivity (Wildman–Crippen MR) is 108 cm³/mol. The second-order valence-electron chi connectivity index (χ2n) is 6.69. The van der Waals surface area contributed by atoms with Crippen LogP contribution in [0.3, 0.4) is 0 Å². The smallest absolute Gasteiger partial charge is 0.264 e. The van der Waals surface area contributed by atoms with Gasteiger partial charge in [0.1, 0.15) is 17.4 Å². The fraction of sp³-hybridized carbons (Fsp3) is 0.300. The van der Waals surface area contributed by atoms with Gasteiger partial charge in [-0.05, 0) is 29.6 Å². The first-order chi connectivity index (χ1) is 13.1. The maximum Gasteiger partial charge on any atom is 0.264 e. The lowest BCUT2D eigenvalue weighted by molar-refractivity contribution is -0.917. The Kier molecular flexibility index (Phi) is 5.29. The number of rotatable bonds is 4. The number of nitrogens with zero attached hydrogens (tertiary/aromatic N) is 2. The van der Waals surface area contributed by atoms with Crippen molar-refractivity contribution in [2.45, 2.75) is 6.54 Å². The fourth-order valence-electron chi connectivity index (χ4n) is 3.45. The van der Waals surface area contributed by atoms with Gasteiger partial charge >= 0.3 is 0 Å². The molecule has 1 fully saturated rings. The van der Waals surface area contributed by atoms with E-state index in [9.17, 15) is 4.79 Å². The number of quaternary nitrogens is 1. The van der Waals surface area contributed by atoms with E-state index in [-0.39, 0.29) is 5.91 Å². The summed E-state index contributed by atoms with van der Waals surface area (Å²) in [5.74, 6) is 0.916. The van der Waals surface area contributed by atoms with Gasteiger partial charge < -0.3 is 14.5 Å². The number of ether oxygens (including phenoxy) is 1. The van der Waals surface area contributed by atoms with Gasteiger partial charge in [0.25, 0.3) is 5.91 Å². The van der Waals surface area contributed by atoms with Crippen molar-refractivity contribution in [2.24, 2.45) is 0 Å². The Hall–Kier alpha value is -2.15. The second-order valence-corrected chi connectivity index (χ2v) is 8.00. The number of nitrogens with one attached hydrogen (secondary N) is 1. The summed E-state index contributed by atoms with van der Waals surface area (Å²) in [4.78, 5) is 21.2. The van der Waals surface area contributed by atoms with Gasteiger partial charge in [-0.2, -0.15) is 0 Å². The molecule has 0 saturated carbocycles. The first-order valence-electron chi connectivity index (χ1n) is 8.93. The Bertz CT molecular complexity index is 953. The minimum Gasteiger partial charge on any atom is -0.497 e. The van der Waals surface area contributed by atoms with Crippen LogP contribution in [0.2, 0.25) is 5.15 Å². The molecule has 4 rings (SSSR count). The van der Waals surface area contributed by atoms with E-state index in [1.807, 2.05) is 40.6 Å². The van der Waals surface area contributed by atoms with Gasteiger partial charge in [0.05, 0.1) is 43.7 Å². The summed E-state index contributed by atoms with van der Waals surface area (Å²) in [6.45, 7) is 4.17. The zero-order valence-corrected chi connectivity index (χ0v) is 16.6. The van der Waals surface area contributed by atoms with E-state index in [1.165, 1.54) is 16.2 Å². The van der Waals surface area contributed by atoms with E-state index in [1.54, 1.807) is 7.11 Å². The first-order valence-corrected chi connectivity index (χ1v) is 10.2. The van der Waals surface area contributed by atoms with Crippen LogP contribution in [-0.2, 0) is 6.54 Å². The van der Waals surface area contributed by atoms with Crippen LogP contribution in [0.5, 0.6) is 5.75 Å². The zero-order chi connectivity index (χ0) is 18.8. The van der Waals surface area contributed by atoms with Gasteiger partial charge in [0.15, 0.2) is 0 Å². The summed E-state index contributed by atoms with van der Waals surface area (Å²) < 4.78 is 5.25. The predicted octanol–water partition coefficient (Wildman–Crippen LogP) is 2.50. The van der Waals surface area contributed by atoms with Crippen molar-refractivity contribution >= 4 is 39.7 Å². The number of halogens is 1. The van der Waals surface area contributed by atoms with Crippen LogP contribution in [0, 0.1) is 0 Å². The number of fused-ring (bicyclic) bond motifs is 1. The van der Waals surface area contributed by atoms with E-state index in [2.05, 4.69) is 11.1 Å². The molecule has 3 aromatic rings. The highest BCUT2D eigenvalue weighted by atomic mass is 35.5. The summed E-state index contributed by atoms with van der Waals surface area (Å²) in [5.41, 5.74) is 1.88. The number of thiophene rings is 1. The Morgan fingerprint density at radius 1 is 1.30 bits per heavy atom. The molecule has 0 aliphatic carbocycles. The largest absolute Gasteiger partial charge is 0.497 e. The number of carbonyl (C=O) groups is 1.